The Morgan fingerprint density at radius 3 is 1.41 bits per heavy atom. The Balaban J connectivity index is 3.66. The SMILES string of the molecule is O=P(O)(CCO)CCOCCP(=O)(O)CCO. The van der Waals surface area contributed by atoms with Crippen molar-refractivity contribution in [2.45, 2.75) is 0 Å². The summed E-state index contributed by atoms with van der Waals surface area (Å²) in [5, 5.41) is 17.0. The third kappa shape index (κ3) is 9.92. The number of aliphatic hydroxyl groups excluding tert-OH is 2. The van der Waals surface area contributed by atoms with Crippen LogP contribution >= 0.6 is 14.7 Å². The minimum atomic E-state index is -3.33. The molecule has 2 atom stereocenters. The first kappa shape index (κ1) is 17.3. The van der Waals surface area contributed by atoms with Gasteiger partial charge in [0.25, 0.3) is 0 Å². The van der Waals surface area contributed by atoms with E-state index in [0.29, 0.717) is 0 Å². The van der Waals surface area contributed by atoms with E-state index >= 15 is 0 Å². The summed E-state index contributed by atoms with van der Waals surface area (Å²) in [7, 11) is -6.67. The second-order valence-electron chi connectivity index (χ2n) is 3.65. The fourth-order valence-corrected chi connectivity index (χ4v) is 2.95. The monoisotopic (exact) mass is 290 g/mol. The molecule has 0 heterocycles. The van der Waals surface area contributed by atoms with Crippen LogP contribution in [0.25, 0.3) is 0 Å². The van der Waals surface area contributed by atoms with Gasteiger partial charge in [0.2, 0.25) is 14.7 Å². The molecule has 0 radical (unpaired) electrons. The van der Waals surface area contributed by atoms with Crippen LogP contribution in [0.5, 0.6) is 0 Å². The van der Waals surface area contributed by atoms with Gasteiger partial charge in [-0.1, -0.05) is 0 Å². The van der Waals surface area contributed by atoms with Crippen molar-refractivity contribution >= 4 is 14.7 Å². The summed E-state index contributed by atoms with van der Waals surface area (Å²) < 4.78 is 27.5. The molecule has 0 aromatic carbocycles. The average molecular weight is 290 g/mol. The molecule has 0 rings (SSSR count). The minimum Gasteiger partial charge on any atom is -0.396 e. The lowest BCUT2D eigenvalue weighted by atomic mass is 10.8. The van der Waals surface area contributed by atoms with E-state index < -0.39 is 14.7 Å². The van der Waals surface area contributed by atoms with E-state index in [-0.39, 0.29) is 51.1 Å². The molecule has 104 valence electrons. The maximum absolute atomic E-state index is 11.3. The van der Waals surface area contributed by atoms with Gasteiger partial charge in [0, 0.05) is 24.6 Å². The summed E-state index contributed by atoms with van der Waals surface area (Å²) in [6.07, 6.45) is -0.495. The molecule has 0 saturated carbocycles. The molecule has 0 aromatic rings. The Bertz CT molecular complexity index is 266. The standard InChI is InChI=1S/C8H20O7P2/c9-1-5-16(11,12)7-3-15-4-8-17(13,14)6-2-10/h9-10H,1-8H2,(H,11,12)(H,13,14). The molecule has 0 aliphatic rings. The topological polar surface area (TPSA) is 124 Å². The molecule has 9 heteroatoms. The van der Waals surface area contributed by atoms with Crippen molar-refractivity contribution in [1.82, 2.24) is 0 Å². The fraction of sp³-hybridized carbons (Fsp3) is 1.00. The van der Waals surface area contributed by atoms with Gasteiger partial charge in [0.05, 0.1) is 26.4 Å². The van der Waals surface area contributed by atoms with Gasteiger partial charge >= 0.3 is 0 Å². The second kappa shape index (κ2) is 8.38. The van der Waals surface area contributed by atoms with Crippen LogP contribution in [0.15, 0.2) is 0 Å². The van der Waals surface area contributed by atoms with Gasteiger partial charge in [-0.2, -0.15) is 0 Å². The van der Waals surface area contributed by atoms with Gasteiger partial charge in [-0.05, 0) is 0 Å². The molecule has 0 aliphatic carbocycles. The molecule has 0 spiro atoms. The molecule has 7 nitrogen and oxygen atoms in total. The first-order chi connectivity index (χ1) is 7.83. The highest BCUT2D eigenvalue weighted by Gasteiger charge is 2.19. The summed E-state index contributed by atoms with van der Waals surface area (Å²) in [5.74, 6) is 0. The van der Waals surface area contributed by atoms with Crippen LogP contribution in [-0.2, 0) is 13.9 Å². The number of ether oxygens (including phenoxy) is 1. The lowest BCUT2D eigenvalue weighted by molar-refractivity contribution is 0.161. The van der Waals surface area contributed by atoms with Crippen molar-refractivity contribution in [3.8, 4) is 0 Å². The molecule has 0 amide bonds. The number of hydrogen-bond donors (Lipinski definition) is 4. The molecule has 2 unspecified atom stereocenters. The summed E-state index contributed by atoms with van der Waals surface area (Å²) in [6.45, 7) is -0.688. The fourth-order valence-electron chi connectivity index (χ4n) is 1.05. The minimum absolute atomic E-state index is 0.00685. The molecule has 0 aliphatic heterocycles. The van der Waals surface area contributed by atoms with Gasteiger partial charge in [-0.25, -0.2) is 0 Å². The van der Waals surface area contributed by atoms with Gasteiger partial charge in [-0.15, -0.1) is 0 Å². The van der Waals surface area contributed by atoms with E-state index in [1.807, 2.05) is 0 Å². The van der Waals surface area contributed by atoms with Crippen LogP contribution in [0.2, 0.25) is 0 Å². The van der Waals surface area contributed by atoms with Crippen molar-refractivity contribution in [1.29, 1.82) is 0 Å². The summed E-state index contributed by atoms with van der Waals surface area (Å²) >= 11 is 0. The van der Waals surface area contributed by atoms with Gasteiger partial charge < -0.3 is 24.7 Å². The molecule has 0 bridgehead atoms. The quantitative estimate of drug-likeness (QED) is 0.316. The molecule has 0 aromatic heterocycles. The molecule has 17 heavy (non-hydrogen) atoms. The zero-order valence-corrected chi connectivity index (χ0v) is 11.4. The third-order valence-corrected chi connectivity index (χ3v) is 5.63. The Morgan fingerprint density at radius 2 is 1.12 bits per heavy atom. The maximum atomic E-state index is 11.3. The van der Waals surface area contributed by atoms with E-state index in [2.05, 4.69) is 0 Å². The Kier molecular flexibility index (Phi) is 8.51. The zero-order chi connectivity index (χ0) is 13.4. The van der Waals surface area contributed by atoms with E-state index in [1.165, 1.54) is 0 Å². The van der Waals surface area contributed by atoms with Crippen LogP contribution in [0.4, 0.5) is 0 Å². The Hall–Kier alpha value is 0.260. The largest absolute Gasteiger partial charge is 0.396 e. The van der Waals surface area contributed by atoms with E-state index in [9.17, 15) is 18.9 Å². The highest BCUT2D eigenvalue weighted by Crippen LogP contribution is 2.40. The molecule has 0 saturated heterocycles. The molecular weight excluding hydrogens is 270 g/mol. The lowest BCUT2D eigenvalue weighted by Crippen LogP contribution is -2.09. The summed E-state index contributed by atoms with van der Waals surface area (Å²) in [6, 6.07) is 0. The lowest BCUT2D eigenvalue weighted by Gasteiger charge is -2.12. The first-order valence-electron chi connectivity index (χ1n) is 5.24. The zero-order valence-electron chi connectivity index (χ0n) is 9.56. The van der Waals surface area contributed by atoms with Crippen molar-refractivity contribution in [3.63, 3.8) is 0 Å². The predicted octanol–water partition coefficient (Wildman–Crippen LogP) is -0.472. The van der Waals surface area contributed by atoms with Crippen LogP contribution in [0, 0.1) is 0 Å². The smallest absolute Gasteiger partial charge is 0.205 e. The summed E-state index contributed by atoms with van der Waals surface area (Å²) in [5.41, 5.74) is 0. The molecule has 4 N–H and O–H groups in total. The van der Waals surface area contributed by atoms with Gasteiger partial charge in [-0.3, -0.25) is 9.13 Å². The highest BCUT2D eigenvalue weighted by atomic mass is 31.2. The first-order valence-corrected chi connectivity index (χ1v) is 9.30. The summed E-state index contributed by atoms with van der Waals surface area (Å²) in [4.78, 5) is 18.5. The van der Waals surface area contributed by atoms with Crippen molar-refractivity contribution in [2.75, 3.05) is 51.1 Å². The predicted molar refractivity (Wildman–Crippen MR) is 64.1 cm³/mol. The van der Waals surface area contributed by atoms with E-state index in [0.717, 1.165) is 0 Å². The van der Waals surface area contributed by atoms with Gasteiger partial charge in [0.1, 0.15) is 0 Å². The number of rotatable bonds is 10. The number of hydrogen-bond acceptors (Lipinski definition) is 5. The van der Waals surface area contributed by atoms with Crippen LogP contribution in [0.3, 0.4) is 0 Å². The van der Waals surface area contributed by atoms with Gasteiger partial charge in [0.15, 0.2) is 0 Å². The van der Waals surface area contributed by atoms with E-state index in [4.69, 9.17) is 14.9 Å². The molecular formula is C8H20O7P2. The van der Waals surface area contributed by atoms with Crippen LogP contribution in [-0.4, -0.2) is 71.1 Å². The number of aliphatic hydroxyl groups is 2. The van der Waals surface area contributed by atoms with Crippen LogP contribution < -0.4 is 0 Å². The van der Waals surface area contributed by atoms with Crippen LogP contribution in [0.1, 0.15) is 0 Å². The van der Waals surface area contributed by atoms with Crippen molar-refractivity contribution in [2.24, 2.45) is 0 Å². The van der Waals surface area contributed by atoms with Crippen molar-refractivity contribution in [3.05, 3.63) is 0 Å². The normalized spacial score (nSPS) is 18.6. The second-order valence-corrected chi connectivity index (χ2v) is 8.82. The highest BCUT2D eigenvalue weighted by molar-refractivity contribution is 7.58. The average Bonchev–Trinajstić information content (AvgIpc) is 2.16. The Labute approximate surface area is 100 Å². The Morgan fingerprint density at radius 1 is 0.765 bits per heavy atom. The molecule has 0 fully saturated rings. The van der Waals surface area contributed by atoms with E-state index in [1.54, 1.807) is 0 Å². The maximum Gasteiger partial charge on any atom is 0.205 e. The third-order valence-electron chi connectivity index (χ3n) is 2.07. The van der Waals surface area contributed by atoms with Crippen molar-refractivity contribution < 1.29 is 33.9 Å².